The van der Waals surface area contributed by atoms with Crippen LogP contribution in [0.5, 0.6) is 5.75 Å². The number of urea groups is 1. The first-order chi connectivity index (χ1) is 11.2. The molecule has 0 saturated carbocycles. The quantitative estimate of drug-likeness (QED) is 0.762. The Morgan fingerprint density at radius 3 is 2.30 bits per heavy atom. The van der Waals surface area contributed by atoms with E-state index >= 15 is 0 Å². The van der Waals surface area contributed by atoms with E-state index < -0.39 is 6.03 Å². The Balaban J connectivity index is 1.72. The number of phenols is 1. The molecule has 2 aromatic rings. The minimum Gasteiger partial charge on any atom is -0.506 e. The number of nitrogens with one attached hydrogen (secondary N) is 2. The van der Waals surface area contributed by atoms with E-state index in [1.165, 1.54) is 6.07 Å². The number of nitrogens with zero attached hydrogens (tertiary/aromatic N) is 1. The lowest BCUT2D eigenvalue weighted by atomic mass is 10.2. The molecule has 0 atom stereocenters. The normalized spacial score (nSPS) is 14.3. The highest BCUT2D eigenvalue weighted by molar-refractivity contribution is 6.02. The maximum absolute atomic E-state index is 12.2. The van der Waals surface area contributed by atoms with Crippen LogP contribution in [0.1, 0.15) is 0 Å². The number of anilines is 3. The average molecular weight is 313 g/mol. The summed E-state index contributed by atoms with van der Waals surface area (Å²) in [6.07, 6.45) is 0. The van der Waals surface area contributed by atoms with Crippen LogP contribution in [-0.4, -0.2) is 37.4 Å². The first kappa shape index (κ1) is 15.2. The van der Waals surface area contributed by atoms with E-state index in [1.807, 2.05) is 24.3 Å². The van der Waals surface area contributed by atoms with Gasteiger partial charge in [-0.25, -0.2) is 4.79 Å². The summed E-state index contributed by atoms with van der Waals surface area (Å²) in [5, 5.41) is 15.2. The van der Waals surface area contributed by atoms with Crippen LogP contribution < -0.4 is 15.5 Å². The van der Waals surface area contributed by atoms with Crippen LogP contribution in [0, 0.1) is 0 Å². The van der Waals surface area contributed by atoms with Gasteiger partial charge in [0.2, 0.25) is 0 Å². The number of ether oxygens (including phenoxy) is 1. The summed E-state index contributed by atoms with van der Waals surface area (Å²) in [5.74, 6) is 0.0316. The van der Waals surface area contributed by atoms with E-state index in [2.05, 4.69) is 15.5 Å². The number of aromatic hydroxyl groups is 1. The Morgan fingerprint density at radius 2 is 1.57 bits per heavy atom. The van der Waals surface area contributed by atoms with Gasteiger partial charge in [0, 0.05) is 13.1 Å². The van der Waals surface area contributed by atoms with Crippen molar-refractivity contribution in [2.45, 2.75) is 0 Å². The van der Waals surface area contributed by atoms with E-state index in [-0.39, 0.29) is 5.75 Å². The molecule has 3 rings (SSSR count). The van der Waals surface area contributed by atoms with Crippen molar-refractivity contribution in [2.24, 2.45) is 0 Å². The van der Waals surface area contributed by atoms with Crippen molar-refractivity contribution >= 4 is 23.1 Å². The summed E-state index contributed by atoms with van der Waals surface area (Å²) in [7, 11) is 0. The van der Waals surface area contributed by atoms with Crippen molar-refractivity contribution in [1.29, 1.82) is 0 Å². The molecule has 3 N–H and O–H groups in total. The van der Waals surface area contributed by atoms with Crippen LogP contribution in [0.3, 0.4) is 0 Å². The molecule has 23 heavy (non-hydrogen) atoms. The lowest BCUT2D eigenvalue weighted by Gasteiger charge is -2.30. The zero-order chi connectivity index (χ0) is 16.1. The summed E-state index contributed by atoms with van der Waals surface area (Å²) in [4.78, 5) is 14.4. The molecule has 6 nitrogen and oxygen atoms in total. The van der Waals surface area contributed by atoms with Crippen molar-refractivity contribution in [1.82, 2.24) is 0 Å². The highest BCUT2D eigenvalue weighted by Crippen LogP contribution is 2.27. The highest BCUT2D eigenvalue weighted by atomic mass is 16.5. The number of hydrogen-bond donors (Lipinski definition) is 3. The van der Waals surface area contributed by atoms with Gasteiger partial charge in [-0.05, 0) is 24.3 Å². The minimum atomic E-state index is -0.396. The lowest BCUT2D eigenvalue weighted by molar-refractivity contribution is 0.123. The van der Waals surface area contributed by atoms with Gasteiger partial charge >= 0.3 is 6.03 Å². The molecule has 0 radical (unpaired) electrons. The molecule has 6 heteroatoms. The van der Waals surface area contributed by atoms with Gasteiger partial charge in [0.05, 0.1) is 30.3 Å². The predicted molar refractivity (Wildman–Crippen MR) is 90.2 cm³/mol. The Bertz CT molecular complexity index is 684. The Hall–Kier alpha value is -2.73. The minimum absolute atomic E-state index is 0.0316. The van der Waals surface area contributed by atoms with E-state index in [0.717, 1.165) is 24.5 Å². The van der Waals surface area contributed by atoms with Crippen molar-refractivity contribution in [3.8, 4) is 5.75 Å². The third-order valence-electron chi connectivity index (χ3n) is 3.66. The first-order valence-electron chi connectivity index (χ1n) is 7.52. The number of benzene rings is 2. The van der Waals surface area contributed by atoms with Gasteiger partial charge < -0.3 is 25.4 Å². The second kappa shape index (κ2) is 7.02. The van der Waals surface area contributed by atoms with Crippen molar-refractivity contribution in [2.75, 3.05) is 41.8 Å². The molecule has 0 spiro atoms. The molecule has 2 aromatic carbocycles. The molecular formula is C17H19N3O3. The fourth-order valence-electron chi connectivity index (χ4n) is 2.51. The van der Waals surface area contributed by atoms with Crippen molar-refractivity contribution in [3.63, 3.8) is 0 Å². The topological polar surface area (TPSA) is 73.8 Å². The summed E-state index contributed by atoms with van der Waals surface area (Å²) in [6, 6.07) is 13.9. The number of morpholine rings is 1. The predicted octanol–water partition coefficient (Wildman–Crippen LogP) is 2.87. The Labute approximate surface area is 134 Å². The molecule has 2 amide bonds. The van der Waals surface area contributed by atoms with E-state index in [4.69, 9.17) is 4.74 Å². The fraction of sp³-hybridized carbons (Fsp3) is 0.235. The average Bonchev–Trinajstić information content (AvgIpc) is 2.58. The Morgan fingerprint density at radius 1 is 0.957 bits per heavy atom. The summed E-state index contributed by atoms with van der Waals surface area (Å²) >= 11 is 0. The smallest absolute Gasteiger partial charge is 0.323 e. The van der Waals surface area contributed by atoms with Crippen LogP contribution in [0.25, 0.3) is 0 Å². The van der Waals surface area contributed by atoms with Crippen molar-refractivity contribution < 1.29 is 14.6 Å². The molecule has 1 aliphatic rings. The third-order valence-corrected chi connectivity index (χ3v) is 3.66. The van der Waals surface area contributed by atoms with Crippen LogP contribution >= 0.6 is 0 Å². The van der Waals surface area contributed by atoms with Crippen LogP contribution in [-0.2, 0) is 4.74 Å². The van der Waals surface area contributed by atoms with Gasteiger partial charge in [-0.15, -0.1) is 0 Å². The maximum Gasteiger partial charge on any atom is 0.323 e. The van der Waals surface area contributed by atoms with Crippen LogP contribution in [0.4, 0.5) is 21.9 Å². The number of para-hydroxylation sites is 4. The zero-order valence-corrected chi connectivity index (χ0v) is 12.7. The standard InChI is InChI=1S/C17H19N3O3/c21-16-8-4-2-6-14(16)19-17(22)18-13-5-1-3-7-15(13)20-9-11-23-12-10-20/h1-8,21H,9-12H2,(H2,18,19,22). The van der Waals surface area contributed by atoms with Gasteiger partial charge in [0.1, 0.15) is 5.75 Å². The molecule has 1 aliphatic heterocycles. The molecule has 1 fully saturated rings. The number of phenolic OH excluding ortho intramolecular Hbond substituents is 1. The third kappa shape index (κ3) is 3.73. The lowest BCUT2D eigenvalue weighted by Crippen LogP contribution is -2.37. The number of hydrogen-bond acceptors (Lipinski definition) is 4. The van der Waals surface area contributed by atoms with E-state index in [1.54, 1.807) is 18.2 Å². The number of carbonyl (C=O) groups is 1. The summed E-state index contributed by atoms with van der Waals surface area (Å²) < 4.78 is 5.37. The second-order valence-electron chi connectivity index (χ2n) is 5.21. The van der Waals surface area contributed by atoms with Gasteiger partial charge in [0.15, 0.2) is 0 Å². The van der Waals surface area contributed by atoms with Crippen LogP contribution in [0.2, 0.25) is 0 Å². The molecule has 0 aliphatic carbocycles. The van der Waals surface area contributed by atoms with Gasteiger partial charge in [-0.3, -0.25) is 0 Å². The molecule has 1 heterocycles. The first-order valence-corrected chi connectivity index (χ1v) is 7.52. The number of carbonyl (C=O) groups excluding carboxylic acids is 1. The number of rotatable bonds is 3. The molecular weight excluding hydrogens is 294 g/mol. The molecule has 0 bridgehead atoms. The molecule has 0 unspecified atom stereocenters. The maximum atomic E-state index is 12.2. The largest absolute Gasteiger partial charge is 0.506 e. The van der Waals surface area contributed by atoms with Crippen LogP contribution in [0.15, 0.2) is 48.5 Å². The van der Waals surface area contributed by atoms with Gasteiger partial charge in [-0.1, -0.05) is 24.3 Å². The summed E-state index contributed by atoms with van der Waals surface area (Å²) in [5.41, 5.74) is 2.06. The van der Waals surface area contributed by atoms with E-state index in [0.29, 0.717) is 18.9 Å². The highest BCUT2D eigenvalue weighted by Gasteiger charge is 2.16. The monoisotopic (exact) mass is 313 g/mol. The van der Waals surface area contributed by atoms with Gasteiger partial charge in [0.25, 0.3) is 0 Å². The fourth-order valence-corrected chi connectivity index (χ4v) is 2.51. The van der Waals surface area contributed by atoms with Gasteiger partial charge in [-0.2, -0.15) is 0 Å². The summed E-state index contributed by atoms with van der Waals surface area (Å²) in [6.45, 7) is 2.94. The molecule has 120 valence electrons. The Kier molecular flexibility index (Phi) is 4.63. The van der Waals surface area contributed by atoms with E-state index in [9.17, 15) is 9.90 Å². The van der Waals surface area contributed by atoms with Crippen molar-refractivity contribution in [3.05, 3.63) is 48.5 Å². The number of amides is 2. The molecule has 0 aromatic heterocycles. The second-order valence-corrected chi connectivity index (χ2v) is 5.21. The SMILES string of the molecule is O=C(Nc1ccccc1O)Nc1ccccc1N1CCOCC1. The zero-order valence-electron chi connectivity index (χ0n) is 12.7. The molecule has 1 saturated heterocycles.